The molecule has 0 fully saturated rings. The van der Waals surface area contributed by atoms with E-state index in [1.165, 1.54) is 32.2 Å². The van der Waals surface area contributed by atoms with Crippen molar-refractivity contribution in [3.63, 3.8) is 0 Å². The molecule has 0 saturated heterocycles. The molecule has 0 saturated carbocycles. The Hall–Kier alpha value is -7.28. The second-order valence-corrected chi connectivity index (χ2v) is 14.8. The Kier molecular flexibility index (Phi) is 7.60. The van der Waals surface area contributed by atoms with Crippen molar-refractivity contribution in [1.82, 2.24) is 19.9 Å². The molecule has 0 unspecified atom stereocenters. The third-order valence-corrected chi connectivity index (χ3v) is 11.5. The number of fused-ring (bicyclic) bond motifs is 6. The topological polar surface area (TPSA) is 64.7 Å². The Morgan fingerprint density at radius 1 is 0.375 bits per heavy atom. The van der Waals surface area contributed by atoms with Crippen LogP contribution in [0.1, 0.15) is 0 Å². The van der Waals surface area contributed by atoms with E-state index in [1.807, 2.05) is 54.6 Å². The molecule has 0 atom stereocenters. The van der Waals surface area contributed by atoms with E-state index in [0.717, 1.165) is 60.3 Å². The average Bonchev–Trinajstić information content (AvgIpc) is 3.90. The van der Waals surface area contributed by atoms with Gasteiger partial charge in [-0.1, -0.05) is 164 Å². The van der Waals surface area contributed by atoms with Gasteiger partial charge in [0, 0.05) is 32.8 Å². The molecule has 0 spiro atoms. The number of benzene rings is 8. The summed E-state index contributed by atoms with van der Waals surface area (Å²) in [5.41, 5.74) is 10.8. The second-order valence-electron chi connectivity index (χ2n) is 13.8. The van der Waals surface area contributed by atoms with Gasteiger partial charge in [0.2, 0.25) is 0 Å². The lowest BCUT2D eigenvalue weighted by Crippen LogP contribution is -2.00. The van der Waals surface area contributed by atoms with Crippen LogP contribution in [0.15, 0.2) is 186 Å². The molecular formula is C50H30N4OS. The number of para-hydroxylation sites is 1. The molecule has 0 radical (unpaired) electrons. The van der Waals surface area contributed by atoms with E-state index in [2.05, 4.69) is 127 Å². The first kappa shape index (κ1) is 32.2. The Morgan fingerprint density at radius 2 is 0.929 bits per heavy atom. The van der Waals surface area contributed by atoms with E-state index < -0.39 is 0 Å². The first-order chi connectivity index (χ1) is 27.7. The van der Waals surface area contributed by atoms with Crippen LogP contribution in [0, 0.1) is 0 Å². The molecule has 0 bridgehead atoms. The summed E-state index contributed by atoms with van der Waals surface area (Å²) >= 11 is 1.72. The van der Waals surface area contributed by atoms with Crippen molar-refractivity contribution in [2.75, 3.05) is 0 Å². The van der Waals surface area contributed by atoms with Gasteiger partial charge >= 0.3 is 0 Å². The minimum Gasteiger partial charge on any atom is -0.455 e. The van der Waals surface area contributed by atoms with Crippen molar-refractivity contribution in [3.8, 4) is 67.0 Å². The number of hydrogen-bond acceptors (Lipinski definition) is 6. The SMILES string of the molecule is c1ccc(-c2nc(-c3ccc(-c4ccccc4-c4ccccc4)cc3)nc(-c3cccc4c3oc3cccc(-c5nc6ccc7ccccc7c6s5)c34)n2)cc1. The zero-order chi connectivity index (χ0) is 37.0. The lowest BCUT2D eigenvalue weighted by Gasteiger charge is -2.12. The first-order valence-corrected chi connectivity index (χ1v) is 19.4. The van der Waals surface area contributed by atoms with Crippen molar-refractivity contribution in [1.29, 1.82) is 0 Å². The smallest absolute Gasteiger partial charge is 0.167 e. The summed E-state index contributed by atoms with van der Waals surface area (Å²) in [6, 6.07) is 62.7. The third kappa shape index (κ3) is 5.46. The molecule has 3 heterocycles. The predicted octanol–water partition coefficient (Wildman–Crippen LogP) is 13.5. The van der Waals surface area contributed by atoms with Crippen LogP contribution in [0.3, 0.4) is 0 Å². The lowest BCUT2D eigenvalue weighted by molar-refractivity contribution is 0.669. The summed E-state index contributed by atoms with van der Waals surface area (Å²) in [5, 5.41) is 5.40. The number of furan rings is 1. The molecule has 5 nitrogen and oxygen atoms in total. The fourth-order valence-electron chi connectivity index (χ4n) is 7.72. The van der Waals surface area contributed by atoms with Gasteiger partial charge in [-0.25, -0.2) is 19.9 Å². The molecule has 6 heteroatoms. The van der Waals surface area contributed by atoms with Crippen LogP contribution in [0.5, 0.6) is 0 Å². The van der Waals surface area contributed by atoms with Gasteiger partial charge in [-0.3, -0.25) is 0 Å². The third-order valence-electron chi connectivity index (χ3n) is 10.4. The lowest BCUT2D eigenvalue weighted by atomic mass is 9.94. The normalized spacial score (nSPS) is 11.6. The molecule has 0 amide bonds. The number of aromatic nitrogens is 4. The predicted molar refractivity (Wildman–Crippen MR) is 230 cm³/mol. The van der Waals surface area contributed by atoms with Crippen LogP contribution < -0.4 is 0 Å². The molecule has 262 valence electrons. The number of rotatable bonds is 6. The zero-order valence-electron chi connectivity index (χ0n) is 29.9. The minimum atomic E-state index is 0.546. The summed E-state index contributed by atoms with van der Waals surface area (Å²) < 4.78 is 7.91. The zero-order valence-corrected chi connectivity index (χ0v) is 30.7. The van der Waals surface area contributed by atoms with E-state index in [9.17, 15) is 0 Å². The fraction of sp³-hybridized carbons (Fsp3) is 0. The molecule has 0 aliphatic heterocycles. The highest BCUT2D eigenvalue weighted by Crippen LogP contribution is 2.43. The highest BCUT2D eigenvalue weighted by Gasteiger charge is 2.21. The van der Waals surface area contributed by atoms with E-state index in [1.54, 1.807) is 11.3 Å². The molecular weight excluding hydrogens is 705 g/mol. The van der Waals surface area contributed by atoms with Gasteiger partial charge in [-0.05, 0) is 45.8 Å². The highest BCUT2D eigenvalue weighted by atomic mass is 32.1. The summed E-state index contributed by atoms with van der Waals surface area (Å²) in [5.74, 6) is 1.73. The first-order valence-electron chi connectivity index (χ1n) is 18.6. The Balaban J connectivity index is 1.05. The largest absolute Gasteiger partial charge is 0.455 e. The van der Waals surface area contributed by atoms with Crippen LogP contribution in [-0.2, 0) is 0 Å². The molecule has 0 aliphatic rings. The maximum atomic E-state index is 6.72. The van der Waals surface area contributed by atoms with Gasteiger partial charge in [-0.15, -0.1) is 11.3 Å². The summed E-state index contributed by atoms with van der Waals surface area (Å²) in [7, 11) is 0. The molecule has 11 aromatic rings. The molecule has 56 heavy (non-hydrogen) atoms. The standard InChI is InChI=1S/C50H30N4OS/c1-3-13-31(14-4-1)36-18-9-10-19-37(36)33-25-27-35(28-26-33)48-52-47(34-16-5-2-6-17-34)53-49(54-48)41-23-11-21-39-44-40(22-12-24-43(44)55-45(39)41)50-51-42-30-29-32-15-7-8-20-38(32)46(42)56-50/h1-30H. The Morgan fingerprint density at radius 3 is 1.70 bits per heavy atom. The number of nitrogens with zero attached hydrogens (tertiary/aromatic N) is 4. The van der Waals surface area contributed by atoms with Crippen LogP contribution in [0.25, 0.3) is 110 Å². The van der Waals surface area contributed by atoms with E-state index in [4.69, 9.17) is 24.4 Å². The molecule has 11 rings (SSSR count). The van der Waals surface area contributed by atoms with Crippen molar-refractivity contribution < 1.29 is 4.42 Å². The van der Waals surface area contributed by atoms with Crippen LogP contribution >= 0.6 is 11.3 Å². The van der Waals surface area contributed by atoms with Crippen molar-refractivity contribution in [3.05, 3.63) is 182 Å². The van der Waals surface area contributed by atoms with E-state index in [-0.39, 0.29) is 0 Å². The summed E-state index contributed by atoms with van der Waals surface area (Å²) in [6.07, 6.45) is 0. The van der Waals surface area contributed by atoms with E-state index in [0.29, 0.717) is 17.5 Å². The van der Waals surface area contributed by atoms with Gasteiger partial charge in [0.05, 0.1) is 15.8 Å². The highest BCUT2D eigenvalue weighted by molar-refractivity contribution is 7.22. The van der Waals surface area contributed by atoms with Gasteiger partial charge in [-0.2, -0.15) is 0 Å². The number of thiazole rings is 1. The molecule has 0 N–H and O–H groups in total. The van der Waals surface area contributed by atoms with Crippen LogP contribution in [0.4, 0.5) is 0 Å². The monoisotopic (exact) mass is 734 g/mol. The van der Waals surface area contributed by atoms with Gasteiger partial charge < -0.3 is 4.42 Å². The van der Waals surface area contributed by atoms with Crippen LogP contribution in [0.2, 0.25) is 0 Å². The summed E-state index contributed by atoms with van der Waals surface area (Å²) in [4.78, 5) is 20.4. The van der Waals surface area contributed by atoms with Gasteiger partial charge in [0.1, 0.15) is 16.2 Å². The van der Waals surface area contributed by atoms with Gasteiger partial charge in [0.25, 0.3) is 0 Å². The van der Waals surface area contributed by atoms with Crippen molar-refractivity contribution >= 4 is 54.3 Å². The molecule has 0 aliphatic carbocycles. The maximum absolute atomic E-state index is 6.72. The molecule has 3 aromatic heterocycles. The van der Waals surface area contributed by atoms with E-state index >= 15 is 0 Å². The summed E-state index contributed by atoms with van der Waals surface area (Å²) in [6.45, 7) is 0. The van der Waals surface area contributed by atoms with Crippen molar-refractivity contribution in [2.24, 2.45) is 0 Å². The second kappa shape index (κ2) is 13.2. The number of hydrogen-bond donors (Lipinski definition) is 0. The average molecular weight is 735 g/mol. The Labute approximate surface area is 326 Å². The maximum Gasteiger partial charge on any atom is 0.167 e. The van der Waals surface area contributed by atoms with Gasteiger partial charge in [0.15, 0.2) is 17.5 Å². The van der Waals surface area contributed by atoms with Crippen molar-refractivity contribution in [2.45, 2.75) is 0 Å². The van der Waals surface area contributed by atoms with Crippen LogP contribution in [-0.4, -0.2) is 19.9 Å². The Bertz CT molecular complexity index is 3240. The molecule has 8 aromatic carbocycles. The minimum absolute atomic E-state index is 0.546. The fourth-order valence-corrected chi connectivity index (χ4v) is 8.85. The quantitative estimate of drug-likeness (QED) is 0.170.